The number of carbonyl (C=O) groups is 1. The smallest absolute Gasteiger partial charge is 0.278 e. The lowest BCUT2D eigenvalue weighted by Gasteiger charge is -2.09. The van der Waals surface area contributed by atoms with Crippen LogP contribution in [0, 0.1) is 10.7 Å². The molecule has 2 heterocycles. The molecule has 166 valence electrons. The van der Waals surface area contributed by atoms with Gasteiger partial charge in [-0.15, -0.1) is 0 Å². The third kappa shape index (κ3) is 4.31. The van der Waals surface area contributed by atoms with Gasteiger partial charge in [-0.3, -0.25) is 14.2 Å². The van der Waals surface area contributed by atoms with E-state index in [1.807, 2.05) is 30.3 Å². The third-order valence-corrected chi connectivity index (χ3v) is 5.83. The largest absolute Gasteiger partial charge is 0.497 e. The van der Waals surface area contributed by atoms with Gasteiger partial charge in [0, 0.05) is 23.0 Å². The van der Waals surface area contributed by atoms with Gasteiger partial charge in [0.25, 0.3) is 11.5 Å². The summed E-state index contributed by atoms with van der Waals surface area (Å²) < 4.78 is 7.15. The average Bonchev–Trinajstić information content (AvgIpc) is 3.14. The van der Waals surface area contributed by atoms with E-state index in [0.29, 0.717) is 46.1 Å². The summed E-state index contributed by atoms with van der Waals surface area (Å²) in [7, 11) is 1.60. The molecule has 2 aromatic heterocycles. The topological polar surface area (TPSA) is 91.9 Å². The summed E-state index contributed by atoms with van der Waals surface area (Å²) in [6.45, 7) is 5.20. The number of amides is 1. The van der Waals surface area contributed by atoms with Crippen molar-refractivity contribution in [3.63, 3.8) is 0 Å². The average molecular weight is 451 g/mol. The van der Waals surface area contributed by atoms with Crippen LogP contribution in [0.2, 0.25) is 0 Å². The van der Waals surface area contributed by atoms with E-state index < -0.39 is 0 Å². The van der Waals surface area contributed by atoms with E-state index in [1.54, 1.807) is 19.2 Å². The summed E-state index contributed by atoms with van der Waals surface area (Å²) in [5, 5.41) is 3.78. The maximum Gasteiger partial charge on any atom is 0.278 e. The van der Waals surface area contributed by atoms with Gasteiger partial charge in [0.1, 0.15) is 11.3 Å². The molecule has 0 bridgehead atoms. The van der Waals surface area contributed by atoms with Crippen molar-refractivity contribution in [1.82, 2.24) is 19.9 Å². The number of fused-ring (bicyclic) bond motifs is 3. The fourth-order valence-electron chi connectivity index (χ4n) is 3.65. The molecular weight excluding hydrogens is 424 g/mol. The van der Waals surface area contributed by atoms with Gasteiger partial charge in [-0.1, -0.05) is 26.0 Å². The monoisotopic (exact) mass is 450 g/mol. The first-order valence-corrected chi connectivity index (χ1v) is 11.0. The lowest BCUT2D eigenvalue weighted by atomic mass is 10.1. The Labute approximate surface area is 190 Å². The summed E-state index contributed by atoms with van der Waals surface area (Å²) in [4.78, 5) is 31.8. The Morgan fingerprint density at radius 1 is 1.12 bits per heavy atom. The van der Waals surface area contributed by atoms with Gasteiger partial charge in [-0.25, -0.2) is 0 Å². The SMILES string of the molecule is COc1ccc2[nH]c3c(=O)n(Cc4ccc(C(=O)NCCC(C)C)cc4)c(=S)[nH]c3c2c1. The highest BCUT2D eigenvalue weighted by molar-refractivity contribution is 7.71. The van der Waals surface area contributed by atoms with E-state index in [2.05, 4.69) is 29.1 Å². The molecule has 0 aliphatic heterocycles. The molecule has 1 amide bonds. The Balaban J connectivity index is 1.60. The van der Waals surface area contributed by atoms with Crippen LogP contribution in [0.1, 0.15) is 36.2 Å². The van der Waals surface area contributed by atoms with Gasteiger partial charge in [0.15, 0.2) is 4.77 Å². The molecule has 0 saturated carbocycles. The van der Waals surface area contributed by atoms with Gasteiger partial charge in [-0.2, -0.15) is 0 Å². The number of hydrogen-bond acceptors (Lipinski definition) is 4. The normalized spacial score (nSPS) is 11.4. The third-order valence-electron chi connectivity index (χ3n) is 5.51. The predicted octanol–water partition coefficient (Wildman–Crippen LogP) is 4.37. The molecule has 0 saturated heterocycles. The second-order valence-corrected chi connectivity index (χ2v) is 8.63. The molecular formula is C24H26N4O3S. The van der Waals surface area contributed by atoms with Gasteiger partial charge >= 0.3 is 0 Å². The zero-order valence-corrected chi connectivity index (χ0v) is 19.1. The van der Waals surface area contributed by atoms with Crippen LogP contribution < -0.4 is 15.6 Å². The molecule has 0 spiro atoms. The first-order valence-electron chi connectivity index (χ1n) is 10.6. The summed E-state index contributed by atoms with van der Waals surface area (Å²) in [6.07, 6.45) is 0.938. The number of nitrogens with one attached hydrogen (secondary N) is 3. The second kappa shape index (κ2) is 9.00. The Hall–Kier alpha value is -3.39. The van der Waals surface area contributed by atoms with Gasteiger partial charge in [0.05, 0.1) is 19.2 Å². The number of aromatic nitrogens is 3. The molecule has 3 N–H and O–H groups in total. The van der Waals surface area contributed by atoms with E-state index in [9.17, 15) is 9.59 Å². The number of ether oxygens (including phenoxy) is 1. The fourth-order valence-corrected chi connectivity index (χ4v) is 3.90. The minimum atomic E-state index is -0.200. The molecule has 0 unspecified atom stereocenters. The van der Waals surface area contributed by atoms with Crippen LogP contribution in [0.5, 0.6) is 5.75 Å². The van der Waals surface area contributed by atoms with Crippen LogP contribution in [0.15, 0.2) is 47.3 Å². The number of H-pyrrole nitrogens is 2. The van der Waals surface area contributed by atoms with Crippen LogP contribution in [0.25, 0.3) is 21.9 Å². The van der Waals surface area contributed by atoms with Gasteiger partial charge in [-0.05, 0) is 60.5 Å². The van der Waals surface area contributed by atoms with Crippen LogP contribution in [0.3, 0.4) is 0 Å². The molecule has 0 fully saturated rings. The number of aromatic amines is 2. The number of rotatable bonds is 7. The van der Waals surface area contributed by atoms with Crippen LogP contribution >= 0.6 is 12.2 Å². The first kappa shape index (κ1) is 21.8. The van der Waals surface area contributed by atoms with Gasteiger partial charge < -0.3 is 20.0 Å². The molecule has 0 radical (unpaired) electrons. The summed E-state index contributed by atoms with van der Waals surface area (Å²) in [5.41, 5.74) is 3.22. The van der Waals surface area contributed by atoms with Crippen molar-refractivity contribution in [1.29, 1.82) is 0 Å². The second-order valence-electron chi connectivity index (χ2n) is 8.24. The van der Waals surface area contributed by atoms with E-state index in [4.69, 9.17) is 17.0 Å². The molecule has 2 aromatic carbocycles. The van der Waals surface area contributed by atoms with Crippen LogP contribution in [0.4, 0.5) is 0 Å². The summed E-state index contributed by atoms with van der Waals surface area (Å²) in [6, 6.07) is 12.8. The molecule has 4 rings (SSSR count). The van der Waals surface area contributed by atoms with Crippen LogP contribution in [-0.4, -0.2) is 34.1 Å². The molecule has 0 aliphatic rings. The lowest BCUT2D eigenvalue weighted by Crippen LogP contribution is -2.25. The highest BCUT2D eigenvalue weighted by Gasteiger charge is 2.13. The number of methoxy groups -OCH3 is 1. The van der Waals surface area contributed by atoms with Gasteiger partial charge in [0.2, 0.25) is 0 Å². The minimum absolute atomic E-state index is 0.0958. The number of carbonyl (C=O) groups excluding carboxylic acids is 1. The number of nitrogens with zero attached hydrogens (tertiary/aromatic N) is 1. The maximum absolute atomic E-state index is 13.2. The summed E-state index contributed by atoms with van der Waals surface area (Å²) >= 11 is 5.49. The van der Waals surface area contributed by atoms with Crippen molar-refractivity contribution in [3.05, 3.63) is 68.7 Å². The molecule has 4 aromatic rings. The number of benzene rings is 2. The van der Waals surface area contributed by atoms with E-state index in [-0.39, 0.29) is 11.5 Å². The van der Waals surface area contributed by atoms with E-state index in [0.717, 1.165) is 22.9 Å². The fraction of sp³-hybridized carbons (Fsp3) is 0.292. The van der Waals surface area contributed by atoms with Crippen molar-refractivity contribution < 1.29 is 9.53 Å². The Morgan fingerprint density at radius 2 is 1.88 bits per heavy atom. The van der Waals surface area contributed by atoms with Crippen LogP contribution in [-0.2, 0) is 6.54 Å². The maximum atomic E-state index is 13.2. The van der Waals surface area contributed by atoms with Crippen molar-refractivity contribution in [2.45, 2.75) is 26.8 Å². The van der Waals surface area contributed by atoms with Crippen molar-refractivity contribution in [2.75, 3.05) is 13.7 Å². The van der Waals surface area contributed by atoms with Crippen molar-refractivity contribution in [2.24, 2.45) is 5.92 Å². The molecule has 8 heteroatoms. The molecule has 7 nitrogen and oxygen atoms in total. The zero-order valence-electron chi connectivity index (χ0n) is 18.3. The first-order chi connectivity index (χ1) is 15.4. The lowest BCUT2D eigenvalue weighted by molar-refractivity contribution is 0.0952. The van der Waals surface area contributed by atoms with Crippen molar-refractivity contribution >= 4 is 40.1 Å². The molecule has 0 aliphatic carbocycles. The van der Waals surface area contributed by atoms with E-state index >= 15 is 0 Å². The van der Waals surface area contributed by atoms with E-state index in [1.165, 1.54) is 4.57 Å². The molecule has 0 atom stereocenters. The zero-order chi connectivity index (χ0) is 22.8. The highest BCUT2D eigenvalue weighted by Crippen LogP contribution is 2.26. The molecule has 32 heavy (non-hydrogen) atoms. The predicted molar refractivity (Wildman–Crippen MR) is 129 cm³/mol. The highest BCUT2D eigenvalue weighted by atomic mass is 32.1. The number of hydrogen-bond donors (Lipinski definition) is 3. The van der Waals surface area contributed by atoms with Crippen molar-refractivity contribution in [3.8, 4) is 5.75 Å². The quantitative estimate of drug-likeness (QED) is 0.365. The Kier molecular flexibility index (Phi) is 6.14. The standard InChI is InChI=1S/C24H26N4O3S/c1-14(2)10-11-25-22(29)16-6-4-15(5-7-16)13-28-23(30)21-20(27-24(28)32)18-12-17(31-3)8-9-19(18)26-21/h4-9,12,14,26H,10-11,13H2,1-3H3,(H,25,29)(H,27,32). The minimum Gasteiger partial charge on any atom is -0.497 e. The Morgan fingerprint density at radius 3 is 2.56 bits per heavy atom. The summed E-state index contributed by atoms with van der Waals surface area (Å²) in [5.74, 6) is 1.15. The Bertz CT molecular complexity index is 1400.